The van der Waals surface area contributed by atoms with Crippen LogP contribution < -0.4 is 0 Å². The summed E-state index contributed by atoms with van der Waals surface area (Å²) < 4.78 is 17.2. The highest BCUT2D eigenvalue weighted by Crippen LogP contribution is 2.07. The molecule has 0 aliphatic heterocycles. The first kappa shape index (κ1) is 32.6. The first-order chi connectivity index (χ1) is 17.8. The average Bonchev–Trinajstić information content (AvgIpc) is 2.92. The predicted molar refractivity (Wildman–Crippen MR) is 158 cm³/mol. The fourth-order valence-corrected chi connectivity index (χ4v) is 3.71. The van der Waals surface area contributed by atoms with E-state index < -0.39 is 0 Å². The van der Waals surface area contributed by atoms with Gasteiger partial charge in [0.15, 0.2) is 0 Å². The Labute approximate surface area is 229 Å². The molecule has 2 rings (SSSR count). The van der Waals surface area contributed by atoms with Gasteiger partial charge in [0.2, 0.25) is 4.38 Å². The minimum absolute atomic E-state index is 0.324. The number of aliphatic hydroxyl groups is 1. The van der Waals surface area contributed by atoms with Gasteiger partial charge in [0, 0.05) is 19.8 Å². The highest BCUT2D eigenvalue weighted by Gasteiger charge is 1.96. The van der Waals surface area contributed by atoms with Crippen molar-refractivity contribution in [3.8, 4) is 0 Å². The monoisotopic (exact) mass is 534 g/mol. The van der Waals surface area contributed by atoms with Crippen molar-refractivity contribution >= 4 is 28.4 Å². The number of thiocarbonyl (C=S) groups is 1. The number of hydrogen-bond donors (Lipinski definition) is 1. The fraction of sp³-hybridized carbons (Fsp3) is 0.567. The van der Waals surface area contributed by atoms with Crippen molar-refractivity contribution in [2.24, 2.45) is 0 Å². The van der Waals surface area contributed by atoms with Crippen LogP contribution in [0.1, 0.15) is 75.3 Å². The molecule has 0 unspecified atom stereocenters. The molecule has 0 aliphatic rings. The Morgan fingerprint density at radius 1 is 0.639 bits per heavy atom. The van der Waals surface area contributed by atoms with E-state index in [0.717, 1.165) is 65.1 Å². The first-order valence-corrected chi connectivity index (χ1v) is 14.9. The normalized spacial score (nSPS) is 10.5. The summed E-state index contributed by atoms with van der Waals surface area (Å²) in [5.41, 5.74) is 2.48. The highest BCUT2D eigenvalue weighted by atomic mass is 32.2. The predicted octanol–water partition coefficient (Wildman–Crippen LogP) is 7.96. The second-order valence-corrected chi connectivity index (χ2v) is 10.0. The maximum absolute atomic E-state index is 8.61. The SMILES string of the molecule is CSC(=S)OCCCCCCCOCc1ccccc1.OCCCCCCCOCc1ccccc1. The summed E-state index contributed by atoms with van der Waals surface area (Å²) in [5, 5.41) is 8.61. The molecular formula is C30H46O4S2. The lowest BCUT2D eigenvalue weighted by molar-refractivity contribution is 0.116. The van der Waals surface area contributed by atoms with Crippen LogP contribution in [0, 0.1) is 0 Å². The lowest BCUT2D eigenvalue weighted by atomic mass is 10.1. The molecule has 0 aliphatic carbocycles. The van der Waals surface area contributed by atoms with Gasteiger partial charge in [0.1, 0.15) is 0 Å². The maximum atomic E-state index is 8.61. The summed E-state index contributed by atoms with van der Waals surface area (Å²) in [7, 11) is 0. The van der Waals surface area contributed by atoms with Crippen molar-refractivity contribution in [2.75, 3.05) is 32.7 Å². The smallest absolute Gasteiger partial charge is 0.219 e. The third-order valence-electron chi connectivity index (χ3n) is 5.49. The molecule has 36 heavy (non-hydrogen) atoms. The van der Waals surface area contributed by atoms with Crippen molar-refractivity contribution in [3.63, 3.8) is 0 Å². The summed E-state index contributed by atoms with van der Waals surface area (Å²) in [5.74, 6) is 0. The summed E-state index contributed by atoms with van der Waals surface area (Å²) in [4.78, 5) is 0. The van der Waals surface area contributed by atoms with Crippen molar-refractivity contribution in [2.45, 2.75) is 77.4 Å². The van der Waals surface area contributed by atoms with Crippen LogP contribution in [0.4, 0.5) is 0 Å². The Morgan fingerprint density at radius 3 is 1.50 bits per heavy atom. The molecule has 0 saturated heterocycles. The number of thioether (sulfide) groups is 1. The quantitative estimate of drug-likeness (QED) is 0.146. The molecule has 0 bridgehead atoms. The molecule has 2 aromatic rings. The number of ether oxygens (including phenoxy) is 3. The fourth-order valence-electron chi connectivity index (χ4n) is 3.43. The highest BCUT2D eigenvalue weighted by molar-refractivity contribution is 8.22. The van der Waals surface area contributed by atoms with Crippen LogP contribution >= 0.6 is 24.0 Å². The molecule has 0 heterocycles. The van der Waals surface area contributed by atoms with E-state index >= 15 is 0 Å². The molecular weight excluding hydrogens is 488 g/mol. The second kappa shape index (κ2) is 25.2. The van der Waals surface area contributed by atoms with Crippen LogP contribution in [-0.2, 0) is 27.4 Å². The zero-order chi connectivity index (χ0) is 25.9. The van der Waals surface area contributed by atoms with Gasteiger partial charge < -0.3 is 19.3 Å². The molecule has 1 N–H and O–H groups in total. The zero-order valence-corrected chi connectivity index (χ0v) is 23.7. The molecule has 0 aromatic heterocycles. The van der Waals surface area contributed by atoms with Gasteiger partial charge in [-0.05, 0) is 55.3 Å². The summed E-state index contributed by atoms with van der Waals surface area (Å²) >= 11 is 6.46. The Balaban J connectivity index is 0.000000369. The van der Waals surface area contributed by atoms with Gasteiger partial charge >= 0.3 is 0 Å². The number of aliphatic hydroxyl groups excluding tert-OH is 1. The van der Waals surface area contributed by atoms with E-state index in [0.29, 0.717) is 11.0 Å². The van der Waals surface area contributed by atoms with E-state index in [-0.39, 0.29) is 0 Å². The van der Waals surface area contributed by atoms with Gasteiger partial charge in [-0.3, -0.25) is 0 Å². The molecule has 0 amide bonds. The Bertz CT molecular complexity index is 728. The summed E-state index contributed by atoms with van der Waals surface area (Å²) in [6, 6.07) is 20.6. The van der Waals surface area contributed by atoms with Crippen LogP contribution in [0.5, 0.6) is 0 Å². The van der Waals surface area contributed by atoms with Crippen molar-refractivity contribution in [1.82, 2.24) is 0 Å². The van der Waals surface area contributed by atoms with Gasteiger partial charge in [-0.25, -0.2) is 0 Å². The van der Waals surface area contributed by atoms with Gasteiger partial charge in [0.25, 0.3) is 0 Å². The molecule has 0 radical (unpaired) electrons. The van der Waals surface area contributed by atoms with E-state index in [2.05, 4.69) is 24.3 Å². The molecule has 0 spiro atoms. The minimum Gasteiger partial charge on any atom is -0.479 e. The van der Waals surface area contributed by atoms with E-state index in [1.54, 1.807) is 0 Å². The lowest BCUT2D eigenvalue weighted by Crippen LogP contribution is -1.99. The molecule has 2 aromatic carbocycles. The van der Waals surface area contributed by atoms with Crippen LogP contribution in [0.25, 0.3) is 0 Å². The molecule has 0 atom stereocenters. The van der Waals surface area contributed by atoms with Crippen molar-refractivity contribution in [1.29, 1.82) is 0 Å². The van der Waals surface area contributed by atoms with Gasteiger partial charge in [-0.2, -0.15) is 0 Å². The molecule has 0 fully saturated rings. The van der Waals surface area contributed by atoms with Crippen molar-refractivity contribution < 1.29 is 19.3 Å². The number of hydrogen-bond acceptors (Lipinski definition) is 6. The lowest BCUT2D eigenvalue weighted by Gasteiger charge is -2.06. The zero-order valence-electron chi connectivity index (χ0n) is 22.1. The van der Waals surface area contributed by atoms with Gasteiger partial charge in [-0.15, -0.1) is 0 Å². The molecule has 4 nitrogen and oxygen atoms in total. The van der Waals surface area contributed by atoms with E-state index in [1.165, 1.54) is 55.0 Å². The van der Waals surface area contributed by atoms with Crippen LogP contribution in [0.15, 0.2) is 60.7 Å². The Hall–Kier alpha value is -1.44. The number of unbranched alkanes of at least 4 members (excludes halogenated alkanes) is 8. The van der Waals surface area contributed by atoms with E-state index in [1.807, 2.05) is 42.7 Å². The van der Waals surface area contributed by atoms with Gasteiger partial charge in [0.05, 0.1) is 19.8 Å². The van der Waals surface area contributed by atoms with Gasteiger partial charge in [-0.1, -0.05) is 111 Å². The average molecular weight is 535 g/mol. The number of rotatable bonds is 19. The standard InChI is InChI=1S/C16H24O2S2.C14H22O2/c1-20-16(19)18-13-9-4-2-3-8-12-17-14-15-10-6-5-7-11-15;15-11-7-2-1-3-8-12-16-13-14-9-5-4-6-10-14/h5-7,10-11H,2-4,8-9,12-14H2,1H3;4-6,9-10,15H,1-3,7-8,11-13H2. The first-order valence-electron chi connectivity index (χ1n) is 13.3. The number of benzene rings is 2. The Morgan fingerprint density at radius 2 is 1.06 bits per heavy atom. The second-order valence-electron chi connectivity index (χ2n) is 8.64. The molecule has 6 heteroatoms. The van der Waals surface area contributed by atoms with E-state index in [9.17, 15) is 0 Å². The largest absolute Gasteiger partial charge is 0.479 e. The topological polar surface area (TPSA) is 47.9 Å². The third kappa shape index (κ3) is 20.7. The van der Waals surface area contributed by atoms with Crippen LogP contribution in [0.2, 0.25) is 0 Å². The minimum atomic E-state index is 0.324. The van der Waals surface area contributed by atoms with Crippen LogP contribution in [0.3, 0.4) is 0 Å². The maximum Gasteiger partial charge on any atom is 0.219 e. The summed E-state index contributed by atoms with van der Waals surface area (Å²) in [6.45, 7) is 4.21. The molecule has 0 saturated carbocycles. The summed E-state index contributed by atoms with van der Waals surface area (Å²) in [6.07, 6.45) is 13.4. The third-order valence-corrected chi connectivity index (χ3v) is 6.56. The Kier molecular flexibility index (Phi) is 22.8. The van der Waals surface area contributed by atoms with E-state index in [4.69, 9.17) is 31.5 Å². The molecule has 202 valence electrons. The van der Waals surface area contributed by atoms with Crippen LogP contribution in [-0.4, -0.2) is 42.2 Å². The van der Waals surface area contributed by atoms with Crippen molar-refractivity contribution in [3.05, 3.63) is 71.8 Å².